The van der Waals surface area contributed by atoms with Crippen LogP contribution in [0, 0.1) is 5.82 Å². The van der Waals surface area contributed by atoms with Gasteiger partial charge in [0, 0.05) is 24.4 Å². The molecular weight excluding hydrogens is 227 g/mol. The summed E-state index contributed by atoms with van der Waals surface area (Å²) in [7, 11) is 0. The van der Waals surface area contributed by atoms with Gasteiger partial charge >= 0.3 is 0 Å². The summed E-state index contributed by atoms with van der Waals surface area (Å²) in [4.78, 5) is 4.54. The first-order valence-electron chi connectivity index (χ1n) is 6.53. The van der Waals surface area contributed by atoms with E-state index in [-0.39, 0.29) is 5.82 Å². The van der Waals surface area contributed by atoms with Crippen LogP contribution in [0.2, 0.25) is 0 Å². The number of benzene rings is 1. The fourth-order valence-corrected chi connectivity index (χ4v) is 2.79. The first-order chi connectivity index (χ1) is 8.74. The summed E-state index contributed by atoms with van der Waals surface area (Å²) in [5, 5.41) is 0. The van der Waals surface area contributed by atoms with Gasteiger partial charge in [-0.05, 0) is 43.9 Å². The molecule has 1 aliphatic heterocycles. The Bertz CT molecular complexity index is 542. The summed E-state index contributed by atoms with van der Waals surface area (Å²) >= 11 is 0. The molecule has 2 aromatic rings. The van der Waals surface area contributed by atoms with Gasteiger partial charge in [0.25, 0.3) is 0 Å². The number of rotatable bonds is 2. The van der Waals surface area contributed by atoms with E-state index >= 15 is 0 Å². The second kappa shape index (κ2) is 4.56. The van der Waals surface area contributed by atoms with Crippen molar-refractivity contribution < 1.29 is 4.39 Å². The summed E-state index contributed by atoms with van der Waals surface area (Å²) < 4.78 is 15.2. The normalized spacial score (nSPS) is 18.7. The number of fused-ring (bicyclic) bond motifs is 1. The number of nitrogens with zero attached hydrogens (tertiary/aromatic N) is 2. The standard InChI is InChI=1S/C15H17FN2/c1-11-3-2-4-14-10-17-15(18(11)14)9-12-5-7-13(16)8-6-12/h5-8,10-11H,2-4,9H2,1H3. The van der Waals surface area contributed by atoms with Gasteiger partial charge in [0.05, 0.1) is 0 Å². The van der Waals surface area contributed by atoms with E-state index in [1.54, 1.807) is 0 Å². The predicted octanol–water partition coefficient (Wildman–Crippen LogP) is 3.51. The van der Waals surface area contributed by atoms with Crippen LogP contribution in [0.4, 0.5) is 4.39 Å². The lowest BCUT2D eigenvalue weighted by molar-refractivity contribution is 0.421. The van der Waals surface area contributed by atoms with Crippen LogP contribution >= 0.6 is 0 Å². The van der Waals surface area contributed by atoms with Crippen LogP contribution in [0.3, 0.4) is 0 Å². The highest BCUT2D eigenvalue weighted by Crippen LogP contribution is 2.26. The molecule has 0 amide bonds. The molecule has 2 heterocycles. The Hall–Kier alpha value is -1.64. The molecule has 0 N–H and O–H groups in total. The second-order valence-corrected chi connectivity index (χ2v) is 5.08. The van der Waals surface area contributed by atoms with Crippen molar-refractivity contribution in [3.05, 3.63) is 53.4 Å². The number of hydrogen-bond acceptors (Lipinski definition) is 1. The molecule has 1 unspecified atom stereocenters. The molecule has 2 nitrogen and oxygen atoms in total. The molecule has 1 aliphatic rings. The molecule has 94 valence electrons. The first kappa shape index (κ1) is 11.5. The molecule has 1 aromatic heterocycles. The minimum absolute atomic E-state index is 0.183. The van der Waals surface area contributed by atoms with Gasteiger partial charge in [-0.15, -0.1) is 0 Å². The minimum Gasteiger partial charge on any atom is -0.329 e. The molecule has 0 fully saturated rings. The Morgan fingerprint density at radius 2 is 2.11 bits per heavy atom. The van der Waals surface area contributed by atoms with Crippen molar-refractivity contribution in [2.75, 3.05) is 0 Å². The van der Waals surface area contributed by atoms with Gasteiger partial charge < -0.3 is 4.57 Å². The van der Waals surface area contributed by atoms with Gasteiger partial charge in [-0.2, -0.15) is 0 Å². The Balaban J connectivity index is 1.89. The Labute approximate surface area is 106 Å². The lowest BCUT2D eigenvalue weighted by Crippen LogP contribution is -2.17. The van der Waals surface area contributed by atoms with Crippen LogP contribution in [0.1, 0.15) is 42.9 Å². The zero-order valence-corrected chi connectivity index (χ0v) is 10.6. The van der Waals surface area contributed by atoms with Crippen LogP contribution in [0.15, 0.2) is 30.5 Å². The number of aromatic nitrogens is 2. The first-order valence-corrected chi connectivity index (χ1v) is 6.53. The predicted molar refractivity (Wildman–Crippen MR) is 69.1 cm³/mol. The lowest BCUT2D eigenvalue weighted by atomic mass is 10.0. The summed E-state index contributed by atoms with van der Waals surface area (Å²) in [5.41, 5.74) is 2.45. The Morgan fingerprint density at radius 1 is 1.33 bits per heavy atom. The van der Waals surface area contributed by atoms with Crippen molar-refractivity contribution in [2.45, 2.75) is 38.6 Å². The SMILES string of the molecule is CC1CCCc2cnc(Cc3ccc(F)cc3)n21. The third-order valence-electron chi connectivity index (χ3n) is 3.72. The van der Waals surface area contributed by atoms with Crippen molar-refractivity contribution in [2.24, 2.45) is 0 Å². The number of imidazole rings is 1. The summed E-state index contributed by atoms with van der Waals surface area (Å²) in [6.45, 7) is 2.25. The molecule has 1 aromatic carbocycles. The molecule has 0 saturated carbocycles. The highest BCUT2D eigenvalue weighted by molar-refractivity contribution is 5.22. The van der Waals surface area contributed by atoms with Gasteiger partial charge in [-0.3, -0.25) is 0 Å². The average Bonchev–Trinajstić information content (AvgIpc) is 2.77. The number of halogens is 1. The third-order valence-corrected chi connectivity index (χ3v) is 3.72. The summed E-state index contributed by atoms with van der Waals surface area (Å²) in [5.74, 6) is 0.918. The fraction of sp³-hybridized carbons (Fsp3) is 0.400. The Kier molecular flexibility index (Phi) is 2.90. The number of aryl methyl sites for hydroxylation is 1. The zero-order chi connectivity index (χ0) is 12.5. The maximum Gasteiger partial charge on any atom is 0.123 e. The average molecular weight is 244 g/mol. The molecule has 1 atom stereocenters. The number of hydrogen-bond donors (Lipinski definition) is 0. The quantitative estimate of drug-likeness (QED) is 0.790. The molecule has 0 aliphatic carbocycles. The van der Waals surface area contributed by atoms with Crippen LogP contribution in [0.25, 0.3) is 0 Å². The maximum atomic E-state index is 12.9. The van der Waals surface area contributed by atoms with E-state index in [0.717, 1.165) is 24.2 Å². The lowest BCUT2D eigenvalue weighted by Gasteiger charge is -2.24. The van der Waals surface area contributed by atoms with Gasteiger partial charge in [0.2, 0.25) is 0 Å². The van der Waals surface area contributed by atoms with Crippen LogP contribution in [0.5, 0.6) is 0 Å². The van der Waals surface area contributed by atoms with Crippen molar-refractivity contribution >= 4 is 0 Å². The summed E-state index contributed by atoms with van der Waals surface area (Å²) in [6, 6.07) is 7.23. The fourth-order valence-electron chi connectivity index (χ4n) is 2.79. The highest BCUT2D eigenvalue weighted by atomic mass is 19.1. The van der Waals surface area contributed by atoms with Crippen molar-refractivity contribution in [3.63, 3.8) is 0 Å². The van der Waals surface area contributed by atoms with E-state index in [0.29, 0.717) is 6.04 Å². The largest absolute Gasteiger partial charge is 0.329 e. The minimum atomic E-state index is -0.183. The summed E-state index contributed by atoms with van der Waals surface area (Å²) in [6.07, 6.45) is 6.38. The smallest absolute Gasteiger partial charge is 0.123 e. The van der Waals surface area contributed by atoms with Crippen LogP contribution in [-0.4, -0.2) is 9.55 Å². The van der Waals surface area contributed by atoms with E-state index in [4.69, 9.17) is 0 Å². The topological polar surface area (TPSA) is 17.8 Å². The second-order valence-electron chi connectivity index (χ2n) is 5.08. The molecule has 18 heavy (non-hydrogen) atoms. The molecule has 0 saturated heterocycles. The molecule has 0 bridgehead atoms. The van der Waals surface area contributed by atoms with Gasteiger partial charge in [0.15, 0.2) is 0 Å². The molecular formula is C15H17FN2. The van der Waals surface area contributed by atoms with Gasteiger partial charge in [-0.1, -0.05) is 12.1 Å². The molecule has 3 rings (SSSR count). The van der Waals surface area contributed by atoms with Crippen molar-refractivity contribution in [1.82, 2.24) is 9.55 Å². The van der Waals surface area contributed by atoms with Gasteiger partial charge in [0.1, 0.15) is 11.6 Å². The van der Waals surface area contributed by atoms with Crippen LogP contribution in [-0.2, 0) is 12.8 Å². The van der Waals surface area contributed by atoms with E-state index < -0.39 is 0 Å². The van der Waals surface area contributed by atoms with E-state index in [1.807, 2.05) is 18.3 Å². The van der Waals surface area contributed by atoms with E-state index in [2.05, 4.69) is 16.5 Å². The highest BCUT2D eigenvalue weighted by Gasteiger charge is 2.19. The molecule has 0 radical (unpaired) electrons. The van der Waals surface area contributed by atoms with Crippen molar-refractivity contribution in [3.8, 4) is 0 Å². The van der Waals surface area contributed by atoms with E-state index in [1.165, 1.54) is 30.7 Å². The molecule has 0 spiro atoms. The monoisotopic (exact) mass is 244 g/mol. The Morgan fingerprint density at radius 3 is 2.89 bits per heavy atom. The zero-order valence-electron chi connectivity index (χ0n) is 10.6. The van der Waals surface area contributed by atoms with Gasteiger partial charge in [-0.25, -0.2) is 9.37 Å². The third kappa shape index (κ3) is 2.05. The van der Waals surface area contributed by atoms with Crippen molar-refractivity contribution in [1.29, 1.82) is 0 Å². The molecule has 3 heteroatoms. The maximum absolute atomic E-state index is 12.9. The van der Waals surface area contributed by atoms with E-state index in [9.17, 15) is 4.39 Å². The van der Waals surface area contributed by atoms with Crippen LogP contribution < -0.4 is 0 Å².